The number of ether oxygens (including phenoxy) is 2. The molecular formula is C32H33Cl2F3N8O6. The van der Waals surface area contributed by atoms with Crippen LogP contribution in [0.3, 0.4) is 0 Å². The zero-order chi connectivity index (χ0) is 37.1. The van der Waals surface area contributed by atoms with Gasteiger partial charge in [0, 0.05) is 35.8 Å². The molecule has 0 unspecified atom stereocenters. The van der Waals surface area contributed by atoms with Gasteiger partial charge in [0.05, 0.1) is 43.6 Å². The molecule has 3 heterocycles. The normalized spacial score (nSPS) is 16.4. The van der Waals surface area contributed by atoms with Crippen LogP contribution >= 0.6 is 23.2 Å². The minimum Gasteiger partial charge on any atom is -0.453 e. The summed E-state index contributed by atoms with van der Waals surface area (Å²) in [4.78, 5) is 52.4. The van der Waals surface area contributed by atoms with Gasteiger partial charge in [-0.2, -0.15) is 0 Å². The van der Waals surface area contributed by atoms with Gasteiger partial charge in [0.2, 0.25) is 5.91 Å². The van der Waals surface area contributed by atoms with Gasteiger partial charge in [-0.25, -0.2) is 14.5 Å². The van der Waals surface area contributed by atoms with E-state index < -0.39 is 24.5 Å². The summed E-state index contributed by atoms with van der Waals surface area (Å²) in [6.45, 7) is 1.21. The molecule has 0 aliphatic carbocycles. The molecule has 0 radical (unpaired) electrons. The third kappa shape index (κ3) is 11.4. The van der Waals surface area contributed by atoms with Crippen molar-refractivity contribution in [2.75, 3.05) is 25.5 Å². The Morgan fingerprint density at radius 2 is 1.86 bits per heavy atom. The van der Waals surface area contributed by atoms with Gasteiger partial charge in [0.1, 0.15) is 6.04 Å². The van der Waals surface area contributed by atoms with Crippen molar-refractivity contribution < 1.29 is 37.0 Å². The third-order valence-electron chi connectivity index (χ3n) is 7.40. The first-order chi connectivity index (χ1) is 24.2. The highest BCUT2D eigenvalue weighted by Crippen LogP contribution is 2.30. The lowest BCUT2D eigenvalue weighted by Gasteiger charge is -2.22. The van der Waals surface area contributed by atoms with Crippen LogP contribution in [0.1, 0.15) is 44.2 Å². The molecule has 0 spiro atoms. The minimum atomic E-state index is -4.83. The summed E-state index contributed by atoms with van der Waals surface area (Å²) in [5.41, 5.74) is 2.95. The van der Waals surface area contributed by atoms with Crippen molar-refractivity contribution in [1.29, 1.82) is 0 Å². The highest BCUT2D eigenvalue weighted by Gasteiger charge is 2.32. The van der Waals surface area contributed by atoms with Gasteiger partial charge in [0.25, 0.3) is 5.56 Å². The van der Waals surface area contributed by atoms with E-state index in [1.807, 2.05) is 24.3 Å². The summed E-state index contributed by atoms with van der Waals surface area (Å²) in [6.07, 6.45) is 0.778. The van der Waals surface area contributed by atoms with Gasteiger partial charge in [-0.3, -0.25) is 19.0 Å². The molecule has 1 aliphatic rings. The Balaban J connectivity index is 0.000000652. The molecule has 5 rings (SSSR count). The zero-order valence-corrected chi connectivity index (χ0v) is 28.8. The number of amides is 2. The van der Waals surface area contributed by atoms with Crippen LogP contribution in [0.15, 0.2) is 65.8 Å². The first-order valence-electron chi connectivity index (χ1n) is 15.4. The second kappa shape index (κ2) is 17.7. The molecule has 2 aromatic heterocycles. The van der Waals surface area contributed by atoms with Crippen LogP contribution < -0.4 is 21.5 Å². The number of nitrogens with one attached hydrogen (secondary N) is 3. The Kier molecular flexibility index (Phi) is 13.4. The van der Waals surface area contributed by atoms with Gasteiger partial charge >= 0.3 is 18.4 Å². The SMILES string of the molecule is CC(=O)OC(F)(F)F.COC(=O)NC[C@H]1Nc2cccc(c2)[C@@H](n2cnc(-c3cc(Cl)ccc3-n3cc(Cl)nn3)cc2=O)CCCCCNC1=O. The van der Waals surface area contributed by atoms with E-state index in [1.54, 1.807) is 35.3 Å². The van der Waals surface area contributed by atoms with Crippen LogP contribution in [0, 0.1) is 0 Å². The van der Waals surface area contributed by atoms with E-state index in [9.17, 15) is 32.3 Å². The van der Waals surface area contributed by atoms with E-state index >= 15 is 0 Å². The lowest BCUT2D eigenvalue weighted by Crippen LogP contribution is -2.47. The molecule has 0 fully saturated rings. The number of rotatable bonds is 5. The van der Waals surface area contributed by atoms with Crippen LogP contribution in [-0.4, -0.2) is 75.1 Å². The molecule has 2 bridgehead atoms. The van der Waals surface area contributed by atoms with Gasteiger partial charge in [-0.05, 0) is 48.7 Å². The number of alkyl carbamates (subject to hydrolysis) is 1. The van der Waals surface area contributed by atoms with Gasteiger partial charge in [-0.1, -0.05) is 53.4 Å². The standard InChI is InChI=1S/C29H30Cl2N8O4.C3H3F3O2/c1-43-29(42)33-15-23-28(41)32-11-4-2-3-8-24(18-6-5-7-20(12-18)35-23)38-17-34-22(14-27(38)40)21-13-19(30)9-10-25(21)39-16-26(31)36-37-39;1-2(7)8-3(4,5)6/h5-7,9-10,12-14,16-17,23-24,35H,2-4,8,11,15H2,1H3,(H,32,41)(H,33,42);1H3/t23-,24+;/m1./s1. The highest BCUT2D eigenvalue weighted by atomic mass is 35.5. The Morgan fingerprint density at radius 3 is 2.51 bits per heavy atom. The number of methoxy groups -OCH3 is 1. The molecule has 2 atom stereocenters. The van der Waals surface area contributed by atoms with Crippen LogP contribution in [0.2, 0.25) is 10.2 Å². The monoisotopic (exact) mass is 752 g/mol. The summed E-state index contributed by atoms with van der Waals surface area (Å²) in [5, 5.41) is 17.3. The second-order valence-electron chi connectivity index (χ2n) is 11.1. The second-order valence-corrected chi connectivity index (χ2v) is 11.9. The minimum absolute atomic E-state index is 0.0310. The molecular weight excluding hydrogens is 720 g/mol. The van der Waals surface area contributed by atoms with E-state index in [-0.39, 0.29) is 29.2 Å². The van der Waals surface area contributed by atoms with E-state index in [4.69, 9.17) is 23.2 Å². The van der Waals surface area contributed by atoms with Crippen LogP contribution in [-0.2, 0) is 19.1 Å². The summed E-state index contributed by atoms with van der Waals surface area (Å²) in [6, 6.07) is 13.2. The van der Waals surface area contributed by atoms with Gasteiger partial charge in [-0.15, -0.1) is 18.3 Å². The number of halogens is 5. The van der Waals surface area contributed by atoms with E-state index in [1.165, 1.54) is 17.9 Å². The molecule has 14 nitrogen and oxygen atoms in total. The number of alkyl halides is 3. The van der Waals surface area contributed by atoms with Gasteiger partial charge < -0.3 is 25.4 Å². The van der Waals surface area contributed by atoms with Crippen molar-refractivity contribution in [3.8, 4) is 16.9 Å². The van der Waals surface area contributed by atoms with Crippen molar-refractivity contribution in [3.63, 3.8) is 0 Å². The number of anilines is 1. The molecule has 1 aliphatic heterocycles. The van der Waals surface area contributed by atoms with Crippen molar-refractivity contribution in [3.05, 3.63) is 87.1 Å². The number of carbonyl (C=O) groups excluding carboxylic acids is 3. The first kappa shape index (κ1) is 38.6. The fraction of sp³-hybridized carbons (Fsp3) is 0.344. The lowest BCUT2D eigenvalue weighted by molar-refractivity contribution is -0.304. The fourth-order valence-electron chi connectivity index (χ4n) is 5.17. The number of esters is 1. The fourth-order valence-corrected chi connectivity index (χ4v) is 5.47. The maximum absolute atomic E-state index is 13.7. The van der Waals surface area contributed by atoms with Crippen molar-refractivity contribution in [1.82, 2.24) is 35.2 Å². The number of aromatic nitrogens is 5. The molecule has 0 saturated heterocycles. The number of hydrogen-bond donors (Lipinski definition) is 3. The number of carbonyl (C=O) groups is 3. The molecule has 2 amide bonds. The lowest BCUT2D eigenvalue weighted by atomic mass is 9.99. The Hall–Kier alpha value is -5.16. The van der Waals surface area contributed by atoms with Gasteiger partial charge in [0.15, 0.2) is 5.15 Å². The van der Waals surface area contributed by atoms with Crippen LogP contribution in [0.4, 0.5) is 23.7 Å². The predicted octanol–water partition coefficient (Wildman–Crippen LogP) is 5.28. The molecule has 3 N–H and O–H groups in total. The number of benzene rings is 2. The highest BCUT2D eigenvalue weighted by molar-refractivity contribution is 6.31. The summed E-state index contributed by atoms with van der Waals surface area (Å²) < 4.78 is 43.2. The van der Waals surface area contributed by atoms with E-state index in [2.05, 4.69) is 40.7 Å². The Labute approximate surface area is 299 Å². The number of fused-ring (bicyclic) bond motifs is 2. The predicted molar refractivity (Wildman–Crippen MR) is 181 cm³/mol. The van der Waals surface area contributed by atoms with E-state index in [0.717, 1.165) is 24.8 Å². The van der Waals surface area contributed by atoms with Crippen LogP contribution in [0.5, 0.6) is 0 Å². The third-order valence-corrected chi connectivity index (χ3v) is 7.80. The van der Waals surface area contributed by atoms with Crippen molar-refractivity contribution >= 4 is 46.9 Å². The first-order valence-corrected chi connectivity index (χ1v) is 16.2. The Bertz CT molecular complexity index is 1910. The molecule has 272 valence electrons. The largest absolute Gasteiger partial charge is 0.575 e. The summed E-state index contributed by atoms with van der Waals surface area (Å²) >= 11 is 12.3. The average Bonchev–Trinajstić information content (AvgIpc) is 3.51. The van der Waals surface area contributed by atoms with Crippen LogP contribution in [0.25, 0.3) is 16.9 Å². The average molecular weight is 754 g/mol. The maximum Gasteiger partial charge on any atom is 0.575 e. The van der Waals surface area contributed by atoms with E-state index in [0.29, 0.717) is 47.5 Å². The molecule has 4 aromatic rings. The number of hydrogen-bond acceptors (Lipinski definition) is 10. The quantitative estimate of drug-likeness (QED) is 0.228. The zero-order valence-electron chi connectivity index (χ0n) is 27.2. The topological polar surface area (TPSA) is 171 Å². The molecule has 2 aromatic carbocycles. The number of nitrogens with zero attached hydrogens (tertiary/aromatic N) is 5. The maximum atomic E-state index is 13.7. The Morgan fingerprint density at radius 1 is 1.08 bits per heavy atom. The molecule has 19 heteroatoms. The van der Waals surface area contributed by atoms with Crippen molar-refractivity contribution in [2.45, 2.75) is 51.1 Å². The molecule has 51 heavy (non-hydrogen) atoms. The summed E-state index contributed by atoms with van der Waals surface area (Å²) in [7, 11) is 1.27. The molecule has 0 saturated carbocycles. The summed E-state index contributed by atoms with van der Waals surface area (Å²) in [5.74, 6) is -1.58. The van der Waals surface area contributed by atoms with Crippen molar-refractivity contribution in [2.24, 2.45) is 0 Å². The smallest absolute Gasteiger partial charge is 0.453 e.